The second-order valence-corrected chi connectivity index (χ2v) is 3.40. The SMILES string of the molecule is C=C[C@]1(C(F)(F)F)O[C@@H]1c1ccccc1. The number of hydrogen-bond acceptors (Lipinski definition) is 1. The van der Waals surface area contributed by atoms with Gasteiger partial charge in [-0.25, -0.2) is 0 Å². The second kappa shape index (κ2) is 3.10. The Morgan fingerprint density at radius 3 is 2.27 bits per heavy atom. The summed E-state index contributed by atoms with van der Waals surface area (Å²) in [5.74, 6) is 0. The minimum Gasteiger partial charge on any atom is -0.347 e. The van der Waals surface area contributed by atoms with E-state index in [-0.39, 0.29) is 0 Å². The predicted octanol–water partition coefficient (Wildman–Crippen LogP) is 3.25. The Kier molecular flexibility index (Phi) is 2.12. The van der Waals surface area contributed by atoms with Gasteiger partial charge >= 0.3 is 6.18 Å². The monoisotopic (exact) mass is 214 g/mol. The van der Waals surface area contributed by atoms with Gasteiger partial charge in [-0.15, -0.1) is 0 Å². The molecule has 1 aliphatic heterocycles. The summed E-state index contributed by atoms with van der Waals surface area (Å²) < 4.78 is 42.7. The highest BCUT2D eigenvalue weighted by molar-refractivity contribution is 5.32. The molecule has 80 valence electrons. The highest BCUT2D eigenvalue weighted by Crippen LogP contribution is 2.59. The standard InChI is InChI=1S/C11H9F3O/c1-2-10(11(12,13)14)9(15-10)8-6-4-3-5-7-8/h2-7,9H,1H2/t9-,10+/m1/s1. The highest BCUT2D eigenvalue weighted by Gasteiger charge is 2.71. The quantitative estimate of drug-likeness (QED) is 0.543. The fraction of sp³-hybridized carbons (Fsp3) is 0.273. The van der Waals surface area contributed by atoms with E-state index in [1.807, 2.05) is 0 Å². The van der Waals surface area contributed by atoms with E-state index >= 15 is 0 Å². The lowest BCUT2D eigenvalue weighted by Crippen LogP contribution is -2.31. The summed E-state index contributed by atoms with van der Waals surface area (Å²) in [5, 5.41) is 0. The van der Waals surface area contributed by atoms with E-state index in [0.29, 0.717) is 5.56 Å². The van der Waals surface area contributed by atoms with E-state index in [1.165, 1.54) is 0 Å². The molecule has 15 heavy (non-hydrogen) atoms. The fourth-order valence-corrected chi connectivity index (χ4v) is 1.59. The molecule has 0 amide bonds. The molecule has 1 heterocycles. The number of rotatable bonds is 2. The van der Waals surface area contributed by atoms with Gasteiger partial charge in [0.1, 0.15) is 6.10 Å². The maximum absolute atomic E-state index is 12.6. The van der Waals surface area contributed by atoms with Crippen molar-refractivity contribution in [2.75, 3.05) is 0 Å². The zero-order chi connectivity index (χ0) is 11.1. The van der Waals surface area contributed by atoms with Crippen molar-refractivity contribution in [1.29, 1.82) is 0 Å². The van der Waals surface area contributed by atoms with Crippen molar-refractivity contribution in [1.82, 2.24) is 0 Å². The number of benzene rings is 1. The molecule has 0 saturated carbocycles. The molecule has 1 aromatic carbocycles. The van der Waals surface area contributed by atoms with Crippen LogP contribution in [0.15, 0.2) is 43.0 Å². The third kappa shape index (κ3) is 1.45. The summed E-state index contributed by atoms with van der Waals surface area (Å²) in [5.41, 5.74) is -1.66. The van der Waals surface area contributed by atoms with Crippen molar-refractivity contribution in [2.45, 2.75) is 17.9 Å². The number of alkyl halides is 3. The Bertz CT molecular complexity index is 371. The van der Waals surface area contributed by atoms with Crippen molar-refractivity contribution in [3.05, 3.63) is 48.6 Å². The van der Waals surface area contributed by atoms with Crippen LogP contribution in [0.3, 0.4) is 0 Å². The molecule has 2 atom stereocenters. The van der Waals surface area contributed by atoms with E-state index in [4.69, 9.17) is 4.74 Å². The van der Waals surface area contributed by atoms with Crippen LogP contribution in [0.1, 0.15) is 11.7 Å². The molecule has 1 saturated heterocycles. The van der Waals surface area contributed by atoms with Gasteiger partial charge in [-0.1, -0.05) is 36.9 Å². The Morgan fingerprint density at radius 1 is 1.27 bits per heavy atom. The van der Waals surface area contributed by atoms with Crippen LogP contribution in [0.5, 0.6) is 0 Å². The molecule has 1 aromatic rings. The van der Waals surface area contributed by atoms with Gasteiger partial charge in [0.15, 0.2) is 0 Å². The largest absolute Gasteiger partial charge is 0.424 e. The van der Waals surface area contributed by atoms with Crippen LogP contribution in [0.4, 0.5) is 13.2 Å². The van der Waals surface area contributed by atoms with Crippen LogP contribution in [-0.4, -0.2) is 11.8 Å². The maximum Gasteiger partial charge on any atom is 0.424 e. The van der Waals surface area contributed by atoms with E-state index in [1.54, 1.807) is 30.3 Å². The van der Waals surface area contributed by atoms with Gasteiger partial charge in [0, 0.05) is 0 Å². The lowest BCUT2D eigenvalue weighted by molar-refractivity contribution is -0.169. The maximum atomic E-state index is 12.6. The number of halogens is 3. The summed E-state index contributed by atoms with van der Waals surface area (Å²) in [6.45, 7) is 3.19. The third-order valence-electron chi connectivity index (χ3n) is 2.49. The van der Waals surface area contributed by atoms with Gasteiger partial charge in [-0.2, -0.15) is 13.2 Å². The molecule has 4 heteroatoms. The molecule has 0 aliphatic carbocycles. The van der Waals surface area contributed by atoms with E-state index in [0.717, 1.165) is 6.08 Å². The van der Waals surface area contributed by atoms with Crippen molar-refractivity contribution in [2.24, 2.45) is 0 Å². The third-order valence-corrected chi connectivity index (χ3v) is 2.49. The van der Waals surface area contributed by atoms with Crippen molar-refractivity contribution in [3.8, 4) is 0 Å². The van der Waals surface area contributed by atoms with Gasteiger partial charge < -0.3 is 4.74 Å². The lowest BCUT2D eigenvalue weighted by atomic mass is 9.99. The summed E-state index contributed by atoms with van der Waals surface area (Å²) >= 11 is 0. The van der Waals surface area contributed by atoms with Crippen molar-refractivity contribution < 1.29 is 17.9 Å². The Morgan fingerprint density at radius 2 is 1.87 bits per heavy atom. The first kappa shape index (κ1) is 10.2. The van der Waals surface area contributed by atoms with E-state index < -0.39 is 17.9 Å². The van der Waals surface area contributed by atoms with Crippen LogP contribution in [0, 0.1) is 0 Å². The van der Waals surface area contributed by atoms with Gasteiger partial charge in [0.05, 0.1) is 0 Å². The molecule has 2 rings (SSSR count). The Balaban J connectivity index is 2.28. The number of epoxide rings is 1. The first-order valence-electron chi connectivity index (χ1n) is 4.44. The number of ether oxygens (including phenoxy) is 1. The molecule has 0 aromatic heterocycles. The van der Waals surface area contributed by atoms with Crippen LogP contribution in [0.2, 0.25) is 0 Å². The normalized spacial score (nSPS) is 29.9. The van der Waals surface area contributed by atoms with Gasteiger partial charge in [-0.3, -0.25) is 0 Å². The van der Waals surface area contributed by atoms with Crippen LogP contribution in [-0.2, 0) is 4.74 Å². The summed E-state index contributed by atoms with van der Waals surface area (Å²) in [7, 11) is 0. The van der Waals surface area contributed by atoms with Crippen LogP contribution in [0.25, 0.3) is 0 Å². The van der Waals surface area contributed by atoms with E-state index in [9.17, 15) is 13.2 Å². The lowest BCUT2D eigenvalue weighted by Gasteiger charge is -2.11. The minimum atomic E-state index is -4.41. The summed E-state index contributed by atoms with van der Waals surface area (Å²) in [6, 6.07) is 8.33. The predicted molar refractivity (Wildman–Crippen MR) is 49.3 cm³/mol. The van der Waals surface area contributed by atoms with Crippen LogP contribution < -0.4 is 0 Å². The summed E-state index contributed by atoms with van der Waals surface area (Å²) in [4.78, 5) is 0. The Labute approximate surface area is 85.2 Å². The van der Waals surface area contributed by atoms with Crippen molar-refractivity contribution in [3.63, 3.8) is 0 Å². The molecule has 1 nitrogen and oxygen atoms in total. The highest BCUT2D eigenvalue weighted by atomic mass is 19.4. The number of hydrogen-bond donors (Lipinski definition) is 0. The summed E-state index contributed by atoms with van der Waals surface area (Å²) in [6.07, 6.45) is -4.53. The molecule has 0 spiro atoms. The molecule has 1 aliphatic rings. The zero-order valence-electron chi connectivity index (χ0n) is 7.79. The molecule has 1 fully saturated rings. The van der Waals surface area contributed by atoms with Gasteiger partial charge in [-0.05, 0) is 11.6 Å². The van der Waals surface area contributed by atoms with E-state index in [2.05, 4.69) is 6.58 Å². The molecular weight excluding hydrogens is 205 g/mol. The van der Waals surface area contributed by atoms with Crippen molar-refractivity contribution >= 4 is 0 Å². The Hall–Kier alpha value is -1.29. The first-order valence-corrected chi connectivity index (χ1v) is 4.44. The zero-order valence-corrected chi connectivity index (χ0v) is 7.79. The average molecular weight is 214 g/mol. The van der Waals surface area contributed by atoms with Gasteiger partial charge in [0.2, 0.25) is 5.60 Å². The molecular formula is C11H9F3O. The smallest absolute Gasteiger partial charge is 0.347 e. The average Bonchev–Trinajstić information content (AvgIpc) is 2.94. The fourth-order valence-electron chi connectivity index (χ4n) is 1.59. The molecule has 0 bridgehead atoms. The molecule has 0 unspecified atom stereocenters. The topological polar surface area (TPSA) is 12.5 Å². The molecule has 0 radical (unpaired) electrons. The molecule has 0 N–H and O–H groups in total. The van der Waals surface area contributed by atoms with Gasteiger partial charge in [0.25, 0.3) is 0 Å². The first-order chi connectivity index (χ1) is 7.01. The second-order valence-electron chi connectivity index (χ2n) is 3.40. The minimum absolute atomic E-state index is 0.523. The van der Waals surface area contributed by atoms with Crippen LogP contribution >= 0.6 is 0 Å².